The molecule has 1 amide bonds. The summed E-state index contributed by atoms with van der Waals surface area (Å²) in [5.41, 5.74) is 1.96. The van der Waals surface area contributed by atoms with Crippen LogP contribution in [0.15, 0.2) is 36.8 Å². The van der Waals surface area contributed by atoms with Gasteiger partial charge in [0.25, 0.3) is 5.91 Å². The summed E-state index contributed by atoms with van der Waals surface area (Å²) in [5.74, 6) is -2.46. The Bertz CT molecular complexity index is 1520. The van der Waals surface area contributed by atoms with E-state index in [0.29, 0.717) is 42.8 Å². The Kier molecular flexibility index (Phi) is 6.73. The van der Waals surface area contributed by atoms with Crippen molar-refractivity contribution in [3.8, 4) is 28.3 Å². The molecule has 2 fully saturated rings. The number of hydrogen-bond acceptors (Lipinski definition) is 7. The number of piperidine rings is 1. The van der Waals surface area contributed by atoms with Crippen molar-refractivity contribution < 1.29 is 23.0 Å². The highest BCUT2D eigenvalue weighted by atomic mass is 19.2. The Morgan fingerprint density at radius 1 is 1.13 bits per heavy atom. The number of aromatic nitrogens is 5. The molecule has 10 nitrogen and oxygen atoms in total. The first-order valence-electron chi connectivity index (χ1n) is 13.0. The Labute approximate surface area is 223 Å². The Balaban J connectivity index is 1.44. The van der Waals surface area contributed by atoms with Gasteiger partial charge in [-0.3, -0.25) is 9.48 Å². The van der Waals surface area contributed by atoms with Gasteiger partial charge in [0.05, 0.1) is 42.9 Å². The summed E-state index contributed by atoms with van der Waals surface area (Å²) in [4.78, 5) is 18.9. The summed E-state index contributed by atoms with van der Waals surface area (Å²) < 4.78 is 44.6. The fourth-order valence-corrected chi connectivity index (χ4v) is 5.13. The molecule has 0 saturated carbocycles. The summed E-state index contributed by atoms with van der Waals surface area (Å²) in [6.07, 6.45) is 7.72. The van der Waals surface area contributed by atoms with Crippen LogP contribution in [0.4, 0.5) is 8.78 Å². The molecular weight excluding hydrogens is 508 g/mol. The zero-order chi connectivity index (χ0) is 27.1. The number of nitrogens with zero attached hydrogens (tertiary/aromatic N) is 6. The quantitative estimate of drug-likeness (QED) is 0.403. The number of fused-ring (bicyclic) bond motifs is 1. The van der Waals surface area contributed by atoms with E-state index in [1.807, 2.05) is 10.9 Å². The molecule has 1 atom stereocenters. The number of hydrogen-bond donors (Lipinski definition) is 1. The van der Waals surface area contributed by atoms with Gasteiger partial charge in [-0.1, -0.05) is 0 Å². The SMILES string of the molecule is CNC(=O)c1cc(F)c(F)c(-c2cnc3cc(-c4cnn(C5CCN(C)CC5)c4)c(OC4CCOC4)nn23)c1. The Morgan fingerprint density at radius 2 is 1.95 bits per heavy atom. The first-order chi connectivity index (χ1) is 18.9. The number of halogens is 2. The third-order valence-electron chi connectivity index (χ3n) is 7.39. The lowest BCUT2D eigenvalue weighted by atomic mass is 10.1. The lowest BCUT2D eigenvalue weighted by Crippen LogP contribution is -2.31. The van der Waals surface area contributed by atoms with Crippen molar-refractivity contribution in [2.24, 2.45) is 0 Å². The predicted octanol–water partition coefficient (Wildman–Crippen LogP) is 3.33. The van der Waals surface area contributed by atoms with E-state index in [1.54, 1.807) is 12.3 Å². The molecule has 3 aromatic heterocycles. The van der Waals surface area contributed by atoms with Gasteiger partial charge in [-0.2, -0.15) is 5.10 Å². The van der Waals surface area contributed by atoms with Crippen LogP contribution in [0.1, 0.15) is 35.7 Å². The van der Waals surface area contributed by atoms with Crippen LogP contribution in [0.2, 0.25) is 0 Å². The molecule has 0 spiro atoms. The molecule has 0 aliphatic carbocycles. The van der Waals surface area contributed by atoms with Gasteiger partial charge in [0.15, 0.2) is 17.3 Å². The van der Waals surface area contributed by atoms with Crippen LogP contribution in [0, 0.1) is 11.6 Å². The molecule has 39 heavy (non-hydrogen) atoms. The van der Waals surface area contributed by atoms with E-state index < -0.39 is 17.5 Å². The lowest BCUT2D eigenvalue weighted by molar-refractivity contribution is 0.0962. The van der Waals surface area contributed by atoms with E-state index in [4.69, 9.17) is 14.6 Å². The van der Waals surface area contributed by atoms with Gasteiger partial charge in [0.2, 0.25) is 5.88 Å². The van der Waals surface area contributed by atoms with Crippen molar-refractivity contribution in [3.63, 3.8) is 0 Å². The smallest absolute Gasteiger partial charge is 0.251 e. The van der Waals surface area contributed by atoms with Crippen LogP contribution in [0.25, 0.3) is 28.0 Å². The minimum Gasteiger partial charge on any atom is -0.470 e. The van der Waals surface area contributed by atoms with Crippen molar-refractivity contribution in [2.75, 3.05) is 40.4 Å². The fraction of sp³-hybridized carbons (Fsp3) is 0.407. The number of rotatable bonds is 6. The number of ether oxygens (including phenoxy) is 2. The molecule has 1 aromatic carbocycles. The summed E-state index contributed by atoms with van der Waals surface area (Å²) in [7, 11) is 3.54. The third-order valence-corrected chi connectivity index (χ3v) is 7.39. The van der Waals surface area contributed by atoms with Crippen LogP contribution in [-0.2, 0) is 4.74 Å². The van der Waals surface area contributed by atoms with E-state index >= 15 is 0 Å². The number of carbonyl (C=O) groups is 1. The van der Waals surface area contributed by atoms with E-state index in [9.17, 15) is 13.6 Å². The van der Waals surface area contributed by atoms with E-state index in [-0.39, 0.29) is 22.9 Å². The summed E-state index contributed by atoms with van der Waals surface area (Å²) in [6.45, 7) is 3.04. The van der Waals surface area contributed by atoms with Crippen LogP contribution in [0.5, 0.6) is 5.88 Å². The minimum absolute atomic E-state index is 0.0149. The zero-order valence-corrected chi connectivity index (χ0v) is 21.7. The molecule has 6 rings (SSSR count). The molecule has 1 N–H and O–H groups in total. The Morgan fingerprint density at radius 3 is 2.69 bits per heavy atom. The molecule has 5 heterocycles. The normalized spacial score (nSPS) is 18.6. The fourth-order valence-electron chi connectivity index (χ4n) is 5.13. The van der Waals surface area contributed by atoms with Crippen molar-refractivity contribution in [2.45, 2.75) is 31.4 Å². The number of likely N-dealkylation sites (tertiary alicyclic amines) is 1. The molecule has 2 aliphatic rings. The molecule has 1 unspecified atom stereocenters. The first-order valence-corrected chi connectivity index (χ1v) is 13.0. The Hall–Kier alpha value is -3.90. The third kappa shape index (κ3) is 4.85. The molecule has 2 aliphatic heterocycles. The van der Waals surface area contributed by atoms with Gasteiger partial charge in [0.1, 0.15) is 6.10 Å². The number of nitrogens with one attached hydrogen (secondary N) is 1. The number of benzene rings is 1. The van der Waals surface area contributed by atoms with E-state index in [2.05, 4.69) is 27.3 Å². The van der Waals surface area contributed by atoms with Gasteiger partial charge in [-0.25, -0.2) is 18.3 Å². The highest BCUT2D eigenvalue weighted by Crippen LogP contribution is 2.34. The van der Waals surface area contributed by atoms with Gasteiger partial charge in [0, 0.05) is 36.4 Å². The largest absolute Gasteiger partial charge is 0.470 e. The van der Waals surface area contributed by atoms with Crippen LogP contribution >= 0.6 is 0 Å². The average Bonchev–Trinajstić information content (AvgIpc) is 3.71. The molecule has 4 aromatic rings. The lowest BCUT2D eigenvalue weighted by Gasteiger charge is -2.28. The zero-order valence-electron chi connectivity index (χ0n) is 21.7. The molecule has 2 saturated heterocycles. The second-order valence-electron chi connectivity index (χ2n) is 10.0. The van der Waals surface area contributed by atoms with Crippen molar-refractivity contribution in [1.29, 1.82) is 0 Å². The number of carbonyl (C=O) groups excluding carboxylic acids is 1. The summed E-state index contributed by atoms with van der Waals surface area (Å²) in [5, 5.41) is 11.8. The van der Waals surface area contributed by atoms with E-state index in [1.165, 1.54) is 23.8 Å². The highest BCUT2D eigenvalue weighted by Gasteiger charge is 2.25. The number of amides is 1. The van der Waals surface area contributed by atoms with Crippen molar-refractivity contribution in [3.05, 3.63) is 54.0 Å². The highest BCUT2D eigenvalue weighted by molar-refractivity contribution is 5.95. The maximum absolute atomic E-state index is 15.0. The standard InChI is InChI=1S/C27H29F2N7O3/c1-30-26(37)16-9-21(25(29)22(28)10-16)23-13-31-24-11-20(27(33-36(23)24)39-19-5-8-38-15-19)17-12-32-35(14-17)18-3-6-34(2)7-4-18/h9-14,18-19H,3-8,15H2,1-2H3,(H,30,37). The van der Waals surface area contributed by atoms with Crippen LogP contribution < -0.4 is 10.1 Å². The second-order valence-corrected chi connectivity index (χ2v) is 10.0. The van der Waals surface area contributed by atoms with Gasteiger partial charge in [-0.05, 0) is 51.2 Å². The van der Waals surface area contributed by atoms with Crippen LogP contribution in [0.3, 0.4) is 0 Å². The number of imidazole rings is 1. The summed E-state index contributed by atoms with van der Waals surface area (Å²) >= 11 is 0. The maximum atomic E-state index is 15.0. The van der Waals surface area contributed by atoms with Crippen LogP contribution in [-0.4, -0.2) is 81.7 Å². The van der Waals surface area contributed by atoms with E-state index in [0.717, 1.165) is 37.6 Å². The van der Waals surface area contributed by atoms with Crippen molar-refractivity contribution >= 4 is 11.6 Å². The van der Waals surface area contributed by atoms with Crippen molar-refractivity contribution in [1.82, 2.24) is 34.6 Å². The molecule has 0 radical (unpaired) electrons. The summed E-state index contributed by atoms with van der Waals surface area (Å²) in [6, 6.07) is 4.26. The van der Waals surface area contributed by atoms with Gasteiger partial charge >= 0.3 is 0 Å². The second kappa shape index (κ2) is 10.3. The molecular formula is C27H29F2N7O3. The predicted molar refractivity (Wildman–Crippen MR) is 139 cm³/mol. The molecule has 12 heteroatoms. The monoisotopic (exact) mass is 537 g/mol. The average molecular weight is 538 g/mol. The molecule has 204 valence electrons. The topological polar surface area (TPSA) is 98.8 Å². The first kappa shape index (κ1) is 25.4. The van der Waals surface area contributed by atoms with Gasteiger partial charge < -0.3 is 19.7 Å². The van der Waals surface area contributed by atoms with Gasteiger partial charge in [-0.15, -0.1) is 5.10 Å². The molecule has 0 bridgehead atoms. The minimum atomic E-state index is -1.14. The maximum Gasteiger partial charge on any atom is 0.251 e.